The molecule has 2 fully saturated rings. The molecule has 0 spiro atoms. The second kappa shape index (κ2) is 10.3. The Morgan fingerprint density at radius 1 is 0.786 bits per heavy atom. The molecule has 2 heterocycles. The maximum atomic E-state index is 12.4. The Kier molecular flexibility index (Phi) is 8.40. The molecule has 0 aromatic heterocycles. The molecule has 158 valence electrons. The zero-order valence-electron chi connectivity index (χ0n) is 15.6. The average Bonchev–Trinajstić information content (AvgIpc) is 3.32. The third kappa shape index (κ3) is 5.52. The summed E-state index contributed by atoms with van der Waals surface area (Å²) in [6.07, 6.45) is 2.59. The van der Waals surface area contributed by atoms with E-state index in [-0.39, 0.29) is 11.8 Å². The first kappa shape index (κ1) is 22.8. The van der Waals surface area contributed by atoms with Crippen molar-refractivity contribution in [2.45, 2.75) is 49.9 Å². The van der Waals surface area contributed by atoms with Crippen LogP contribution >= 0.6 is 21.6 Å². The fourth-order valence-electron chi connectivity index (χ4n) is 3.46. The minimum absolute atomic E-state index is 0.295. The van der Waals surface area contributed by atoms with Gasteiger partial charge in [-0.25, -0.2) is 0 Å². The van der Waals surface area contributed by atoms with E-state index in [0.717, 1.165) is 12.8 Å². The maximum Gasteiger partial charge on any atom is 0.241 e. The Morgan fingerprint density at radius 3 is 1.46 bits per heavy atom. The summed E-state index contributed by atoms with van der Waals surface area (Å²) in [7, 11) is 2.68. The molecule has 0 unspecified atom stereocenters. The lowest BCUT2D eigenvalue weighted by atomic mass is 10.2. The second-order valence-electron chi connectivity index (χ2n) is 6.97. The number of hydrogen-bond donors (Lipinski definition) is 4. The average molecular weight is 433 g/mol. The van der Waals surface area contributed by atoms with Gasteiger partial charge in [0.25, 0.3) is 0 Å². The first-order chi connectivity index (χ1) is 13.2. The lowest BCUT2D eigenvalue weighted by Crippen LogP contribution is -2.51. The van der Waals surface area contributed by atoms with Crippen molar-refractivity contribution in [2.75, 3.05) is 24.6 Å². The zero-order valence-corrected chi connectivity index (χ0v) is 17.3. The summed E-state index contributed by atoms with van der Waals surface area (Å²) < 4.78 is 0. The number of nitrogens with zero attached hydrogens (tertiary/aromatic N) is 2. The van der Waals surface area contributed by atoms with Crippen molar-refractivity contribution < 1.29 is 19.2 Å². The molecule has 4 amide bonds. The number of likely N-dealkylation sites (tertiary alicyclic amines) is 2. The van der Waals surface area contributed by atoms with Crippen molar-refractivity contribution in [3.8, 4) is 0 Å². The summed E-state index contributed by atoms with van der Waals surface area (Å²) in [6.45, 7) is 0.961. The number of amides is 4. The monoisotopic (exact) mass is 432 g/mol. The van der Waals surface area contributed by atoms with Gasteiger partial charge in [-0.05, 0) is 25.7 Å². The van der Waals surface area contributed by atoms with Crippen molar-refractivity contribution in [3.05, 3.63) is 0 Å². The van der Waals surface area contributed by atoms with Crippen LogP contribution in [0.15, 0.2) is 0 Å². The fourth-order valence-corrected chi connectivity index (χ4v) is 5.69. The van der Waals surface area contributed by atoms with Crippen LogP contribution in [0, 0.1) is 0 Å². The highest BCUT2D eigenvalue weighted by Gasteiger charge is 2.36. The topological polar surface area (TPSA) is 179 Å². The molecular formula is C16H28N6O4S2. The molecule has 0 radical (unpaired) electrons. The predicted molar refractivity (Wildman–Crippen MR) is 109 cm³/mol. The van der Waals surface area contributed by atoms with Gasteiger partial charge in [0.05, 0.1) is 12.1 Å². The van der Waals surface area contributed by atoms with Crippen molar-refractivity contribution in [1.82, 2.24) is 9.80 Å². The molecule has 2 aliphatic rings. The summed E-state index contributed by atoms with van der Waals surface area (Å²) in [4.78, 5) is 50.5. The van der Waals surface area contributed by atoms with E-state index in [1.54, 1.807) is 0 Å². The van der Waals surface area contributed by atoms with Gasteiger partial charge in [0, 0.05) is 24.6 Å². The van der Waals surface area contributed by atoms with Crippen LogP contribution in [0.25, 0.3) is 0 Å². The number of nitrogens with two attached hydrogens (primary N) is 4. The number of rotatable bonds is 9. The van der Waals surface area contributed by atoms with E-state index >= 15 is 0 Å². The van der Waals surface area contributed by atoms with Crippen LogP contribution in [0.5, 0.6) is 0 Å². The fraction of sp³-hybridized carbons (Fsp3) is 0.750. The molecule has 28 heavy (non-hydrogen) atoms. The number of carbonyl (C=O) groups excluding carboxylic acids is 4. The first-order valence-electron chi connectivity index (χ1n) is 9.19. The third-order valence-corrected chi connectivity index (χ3v) is 7.42. The minimum atomic E-state index is -0.762. The standard InChI is InChI=1S/C16H28N6O4S2/c17-9(15(25)21-5-1-3-11(21)13(19)23)7-27-28-8-10(18)16(26)22-6-2-4-12(22)14(20)24/h9-12H,1-8,17-18H2,(H2,19,23)(H2,20,24)/t9-,10-,11-,12-/m0/s1. The molecule has 0 saturated carbocycles. The van der Waals surface area contributed by atoms with Gasteiger partial charge in [-0.3, -0.25) is 19.2 Å². The second-order valence-corrected chi connectivity index (χ2v) is 9.52. The van der Waals surface area contributed by atoms with Crippen molar-refractivity contribution in [3.63, 3.8) is 0 Å². The molecule has 0 aromatic carbocycles. The van der Waals surface area contributed by atoms with Gasteiger partial charge >= 0.3 is 0 Å². The quantitative estimate of drug-likeness (QED) is 0.238. The van der Waals surface area contributed by atoms with Gasteiger partial charge in [0.15, 0.2) is 0 Å². The van der Waals surface area contributed by atoms with Gasteiger partial charge in [-0.2, -0.15) is 0 Å². The van der Waals surface area contributed by atoms with E-state index in [2.05, 4.69) is 0 Å². The highest BCUT2D eigenvalue weighted by Crippen LogP contribution is 2.25. The highest BCUT2D eigenvalue weighted by molar-refractivity contribution is 8.76. The molecule has 2 rings (SSSR count). The SMILES string of the molecule is NC(=O)[C@@H]1CCCN1C(=O)[C@@H](N)CSSC[C@H](N)C(=O)N1CCC[C@H]1C(N)=O. The summed E-state index contributed by atoms with van der Waals surface area (Å²) in [5, 5.41) is 0. The number of hydrogen-bond acceptors (Lipinski definition) is 8. The van der Waals surface area contributed by atoms with Crippen LogP contribution < -0.4 is 22.9 Å². The Labute approximate surface area is 171 Å². The minimum Gasteiger partial charge on any atom is -0.368 e. The molecule has 2 saturated heterocycles. The normalized spacial score (nSPS) is 24.2. The summed E-state index contributed by atoms with van der Waals surface area (Å²) in [6, 6.07) is -2.69. The molecule has 0 aliphatic carbocycles. The van der Waals surface area contributed by atoms with Crippen LogP contribution in [0.4, 0.5) is 0 Å². The Morgan fingerprint density at radius 2 is 1.14 bits per heavy atom. The molecule has 0 bridgehead atoms. The van der Waals surface area contributed by atoms with Crippen LogP contribution in [0.1, 0.15) is 25.7 Å². The molecule has 8 N–H and O–H groups in total. The maximum absolute atomic E-state index is 12.4. The Balaban J connectivity index is 1.73. The molecule has 10 nitrogen and oxygen atoms in total. The van der Waals surface area contributed by atoms with Gasteiger partial charge < -0.3 is 32.7 Å². The van der Waals surface area contributed by atoms with E-state index in [4.69, 9.17) is 22.9 Å². The lowest BCUT2D eigenvalue weighted by molar-refractivity contribution is -0.138. The van der Waals surface area contributed by atoms with Crippen LogP contribution in [-0.2, 0) is 19.2 Å². The summed E-state index contributed by atoms with van der Waals surface area (Å²) in [5.74, 6) is -0.978. The predicted octanol–water partition coefficient (Wildman–Crippen LogP) is -2.02. The smallest absolute Gasteiger partial charge is 0.241 e. The lowest BCUT2D eigenvalue weighted by Gasteiger charge is -2.26. The van der Waals surface area contributed by atoms with Crippen molar-refractivity contribution >= 4 is 45.2 Å². The molecule has 0 aromatic rings. The van der Waals surface area contributed by atoms with Gasteiger partial charge in [-0.1, -0.05) is 21.6 Å². The third-order valence-electron chi connectivity index (χ3n) is 4.94. The highest BCUT2D eigenvalue weighted by atomic mass is 33.1. The Bertz CT molecular complexity index is 570. The van der Waals surface area contributed by atoms with E-state index < -0.39 is 36.0 Å². The molecule has 12 heteroatoms. The van der Waals surface area contributed by atoms with Gasteiger partial charge in [0.2, 0.25) is 23.6 Å². The first-order valence-corrected chi connectivity index (χ1v) is 11.7. The largest absolute Gasteiger partial charge is 0.368 e. The van der Waals surface area contributed by atoms with Crippen molar-refractivity contribution in [1.29, 1.82) is 0 Å². The van der Waals surface area contributed by atoms with Crippen LogP contribution in [0.3, 0.4) is 0 Å². The molecular weight excluding hydrogens is 404 g/mol. The Hall–Kier alpha value is -1.50. The van der Waals surface area contributed by atoms with E-state index in [9.17, 15) is 19.2 Å². The van der Waals surface area contributed by atoms with Crippen molar-refractivity contribution in [2.24, 2.45) is 22.9 Å². The van der Waals surface area contributed by atoms with E-state index in [1.807, 2.05) is 0 Å². The number of primary amides is 2. The van der Waals surface area contributed by atoms with E-state index in [1.165, 1.54) is 31.4 Å². The molecule has 2 aliphatic heterocycles. The van der Waals surface area contributed by atoms with Crippen LogP contribution in [-0.4, -0.2) is 82.2 Å². The van der Waals surface area contributed by atoms with Gasteiger partial charge in [-0.15, -0.1) is 0 Å². The van der Waals surface area contributed by atoms with E-state index in [0.29, 0.717) is 37.4 Å². The summed E-state index contributed by atoms with van der Waals surface area (Å²) >= 11 is 0. The zero-order chi connectivity index (χ0) is 20.8. The van der Waals surface area contributed by atoms with Crippen LogP contribution in [0.2, 0.25) is 0 Å². The number of carbonyl (C=O) groups is 4. The molecule has 4 atom stereocenters. The summed E-state index contributed by atoms with van der Waals surface area (Å²) in [5.41, 5.74) is 22.6. The van der Waals surface area contributed by atoms with Gasteiger partial charge in [0.1, 0.15) is 12.1 Å².